The molecule has 6 nitrogen and oxygen atoms in total. The second-order valence-electron chi connectivity index (χ2n) is 7.09. The summed E-state index contributed by atoms with van der Waals surface area (Å²) in [4.78, 5) is 11.7. The summed E-state index contributed by atoms with van der Waals surface area (Å²) in [5.41, 5.74) is 2.55. The Labute approximate surface area is 194 Å². The van der Waals surface area contributed by atoms with Gasteiger partial charge >= 0.3 is 0 Å². The van der Waals surface area contributed by atoms with Crippen LogP contribution in [0.3, 0.4) is 0 Å². The van der Waals surface area contributed by atoms with Crippen LogP contribution in [-0.4, -0.2) is 70.4 Å². The first-order valence-electron chi connectivity index (χ1n) is 9.99. The second kappa shape index (κ2) is 11.0. The molecule has 4 rings (SSSR count). The molecule has 3 heterocycles. The van der Waals surface area contributed by atoms with Gasteiger partial charge in [0.1, 0.15) is 0 Å². The van der Waals surface area contributed by atoms with Gasteiger partial charge in [0, 0.05) is 58.5 Å². The highest BCUT2D eigenvalue weighted by Crippen LogP contribution is 2.22. The Morgan fingerprint density at radius 1 is 1.00 bits per heavy atom. The predicted molar refractivity (Wildman–Crippen MR) is 133 cm³/mol. The molecule has 2 aliphatic rings. The molecule has 0 amide bonds. The summed E-state index contributed by atoms with van der Waals surface area (Å²) in [6, 6.07) is 13.2. The minimum atomic E-state index is 0. The fraction of sp³-hybridized carbons (Fsp3) is 0.476. The second-order valence-corrected chi connectivity index (χ2v) is 8.02. The molecule has 29 heavy (non-hydrogen) atoms. The van der Waals surface area contributed by atoms with Gasteiger partial charge in [0.15, 0.2) is 5.96 Å². The maximum Gasteiger partial charge on any atom is 0.194 e. The molecule has 0 bridgehead atoms. The lowest BCUT2D eigenvalue weighted by Crippen LogP contribution is -2.52. The molecule has 1 N–H and O–H groups in total. The molecule has 0 saturated carbocycles. The van der Waals surface area contributed by atoms with Crippen LogP contribution in [0.5, 0.6) is 0 Å². The zero-order chi connectivity index (χ0) is 19.2. The van der Waals surface area contributed by atoms with Crippen molar-refractivity contribution < 1.29 is 4.74 Å². The minimum absolute atomic E-state index is 0. The third kappa shape index (κ3) is 5.76. The third-order valence-corrected chi connectivity index (χ3v) is 6.30. The van der Waals surface area contributed by atoms with Crippen molar-refractivity contribution in [2.75, 3.05) is 69.3 Å². The van der Waals surface area contributed by atoms with Crippen LogP contribution in [0.1, 0.15) is 5.56 Å². The van der Waals surface area contributed by atoms with E-state index in [2.05, 4.69) is 66.8 Å². The molecule has 1 aromatic heterocycles. The number of anilines is 2. The van der Waals surface area contributed by atoms with Crippen LogP contribution in [0.25, 0.3) is 0 Å². The van der Waals surface area contributed by atoms with Crippen LogP contribution in [0.15, 0.2) is 46.8 Å². The number of benzene rings is 1. The molecule has 0 radical (unpaired) electrons. The lowest BCUT2D eigenvalue weighted by molar-refractivity contribution is 0.122. The number of nitrogens with zero attached hydrogens (tertiary/aromatic N) is 4. The maximum absolute atomic E-state index is 5.44. The number of piperazine rings is 1. The molecular formula is C21H30IN5OS. The molecule has 0 atom stereocenters. The van der Waals surface area contributed by atoms with E-state index < -0.39 is 0 Å². The number of nitrogens with one attached hydrogen (secondary N) is 1. The highest BCUT2D eigenvalue weighted by atomic mass is 127. The number of guanidine groups is 1. The molecule has 2 fully saturated rings. The monoisotopic (exact) mass is 527 g/mol. The molecule has 8 heteroatoms. The summed E-state index contributed by atoms with van der Waals surface area (Å²) in [5.74, 6) is 0.989. The Morgan fingerprint density at radius 2 is 1.72 bits per heavy atom. The van der Waals surface area contributed by atoms with Crippen molar-refractivity contribution in [1.82, 2.24) is 10.2 Å². The van der Waals surface area contributed by atoms with Crippen LogP contribution in [0.2, 0.25) is 0 Å². The summed E-state index contributed by atoms with van der Waals surface area (Å²) in [7, 11) is 1.87. The first-order chi connectivity index (χ1) is 13.8. The average Bonchev–Trinajstić information content (AvgIpc) is 3.31. The van der Waals surface area contributed by atoms with Crippen LogP contribution in [-0.2, 0) is 11.3 Å². The molecule has 2 aliphatic heterocycles. The van der Waals surface area contributed by atoms with E-state index >= 15 is 0 Å². The minimum Gasteiger partial charge on any atom is -0.378 e. The number of rotatable bonds is 4. The van der Waals surface area contributed by atoms with Gasteiger partial charge in [0.05, 0.1) is 18.2 Å². The number of hydrogen-bond donors (Lipinski definition) is 1. The SMILES string of the molecule is CN=C(NCc1ccc(N2CCOCC2)cc1)N1CCN(c2cccs2)CC1.I. The quantitative estimate of drug-likeness (QED) is 0.376. The van der Waals surface area contributed by atoms with Crippen molar-refractivity contribution in [1.29, 1.82) is 0 Å². The fourth-order valence-corrected chi connectivity index (χ4v) is 4.53. The van der Waals surface area contributed by atoms with Gasteiger partial charge in [0.2, 0.25) is 0 Å². The zero-order valence-electron chi connectivity index (χ0n) is 16.9. The Morgan fingerprint density at radius 3 is 2.34 bits per heavy atom. The van der Waals surface area contributed by atoms with Gasteiger partial charge < -0.3 is 24.8 Å². The lowest BCUT2D eigenvalue weighted by atomic mass is 10.2. The van der Waals surface area contributed by atoms with Crippen molar-refractivity contribution in [3.63, 3.8) is 0 Å². The van der Waals surface area contributed by atoms with Crippen LogP contribution in [0.4, 0.5) is 10.7 Å². The largest absolute Gasteiger partial charge is 0.378 e. The number of halogens is 1. The highest BCUT2D eigenvalue weighted by Gasteiger charge is 2.20. The maximum atomic E-state index is 5.44. The van der Waals surface area contributed by atoms with Gasteiger partial charge in [-0.1, -0.05) is 12.1 Å². The van der Waals surface area contributed by atoms with Gasteiger partial charge in [-0.3, -0.25) is 4.99 Å². The summed E-state index contributed by atoms with van der Waals surface area (Å²) in [6.45, 7) is 8.44. The first kappa shape index (κ1) is 22.2. The van der Waals surface area contributed by atoms with Crippen LogP contribution < -0.4 is 15.1 Å². The Kier molecular flexibility index (Phi) is 8.43. The number of morpholine rings is 1. The van der Waals surface area contributed by atoms with Crippen LogP contribution >= 0.6 is 35.3 Å². The summed E-state index contributed by atoms with van der Waals surface area (Å²) < 4.78 is 5.44. The molecule has 0 unspecified atom stereocenters. The predicted octanol–water partition coefficient (Wildman–Crippen LogP) is 3.10. The van der Waals surface area contributed by atoms with Gasteiger partial charge in [-0.25, -0.2) is 0 Å². The smallest absolute Gasteiger partial charge is 0.194 e. The molecule has 1 aromatic carbocycles. The van der Waals surface area contributed by atoms with E-state index in [9.17, 15) is 0 Å². The van der Waals surface area contributed by atoms with E-state index in [1.165, 1.54) is 16.3 Å². The lowest BCUT2D eigenvalue weighted by Gasteiger charge is -2.37. The van der Waals surface area contributed by atoms with Gasteiger partial charge in [-0.2, -0.15) is 0 Å². The number of thiophene rings is 1. The molecule has 2 aromatic rings. The van der Waals surface area contributed by atoms with Gasteiger partial charge in [-0.05, 0) is 35.2 Å². The van der Waals surface area contributed by atoms with Gasteiger partial charge in [0.25, 0.3) is 0 Å². The third-order valence-electron chi connectivity index (χ3n) is 5.37. The average molecular weight is 527 g/mol. The molecule has 158 valence electrons. The zero-order valence-corrected chi connectivity index (χ0v) is 20.1. The van der Waals surface area contributed by atoms with Crippen molar-refractivity contribution in [2.24, 2.45) is 4.99 Å². The summed E-state index contributed by atoms with van der Waals surface area (Å²) in [5, 5.41) is 7.04. The number of hydrogen-bond acceptors (Lipinski definition) is 5. The van der Waals surface area contributed by atoms with E-state index in [0.717, 1.165) is 65.0 Å². The standard InChI is InChI=1S/C21H29N5OS.HI/c1-22-21(26-10-8-25(9-11-26)20-3-2-16-28-20)23-17-18-4-6-19(7-5-18)24-12-14-27-15-13-24;/h2-7,16H,8-15,17H2,1H3,(H,22,23);1H. The van der Waals surface area contributed by atoms with E-state index in [0.29, 0.717) is 0 Å². The molecule has 0 spiro atoms. The van der Waals surface area contributed by atoms with E-state index in [-0.39, 0.29) is 24.0 Å². The number of ether oxygens (including phenoxy) is 1. The fourth-order valence-electron chi connectivity index (χ4n) is 3.75. The Hall–Kier alpha value is -1.52. The molecular weight excluding hydrogens is 497 g/mol. The van der Waals surface area contributed by atoms with Crippen molar-refractivity contribution >= 4 is 52.0 Å². The first-order valence-corrected chi connectivity index (χ1v) is 10.9. The number of aliphatic imine (C=N–C) groups is 1. The van der Waals surface area contributed by atoms with Crippen molar-refractivity contribution in [3.8, 4) is 0 Å². The topological polar surface area (TPSA) is 43.3 Å². The van der Waals surface area contributed by atoms with E-state index in [1.54, 1.807) is 0 Å². The Bertz CT molecular complexity index is 754. The van der Waals surface area contributed by atoms with Crippen molar-refractivity contribution in [3.05, 3.63) is 47.3 Å². The van der Waals surface area contributed by atoms with Gasteiger partial charge in [-0.15, -0.1) is 35.3 Å². The molecule has 2 saturated heterocycles. The van der Waals surface area contributed by atoms with Crippen LogP contribution in [0, 0.1) is 0 Å². The van der Waals surface area contributed by atoms with E-state index in [1.807, 2.05) is 18.4 Å². The molecule has 0 aliphatic carbocycles. The Balaban J connectivity index is 0.00000240. The highest BCUT2D eigenvalue weighted by molar-refractivity contribution is 14.0. The van der Waals surface area contributed by atoms with E-state index in [4.69, 9.17) is 4.74 Å². The normalized spacial score (nSPS) is 17.8. The summed E-state index contributed by atoms with van der Waals surface area (Å²) >= 11 is 1.81. The van der Waals surface area contributed by atoms with Crippen molar-refractivity contribution in [2.45, 2.75) is 6.54 Å². The summed E-state index contributed by atoms with van der Waals surface area (Å²) in [6.07, 6.45) is 0.